The molecule has 1 aromatic rings. The predicted octanol–water partition coefficient (Wildman–Crippen LogP) is 2.86. The van der Waals surface area contributed by atoms with Gasteiger partial charge in [0.2, 0.25) is 0 Å². The van der Waals surface area contributed by atoms with E-state index in [1.807, 2.05) is 25.2 Å². The molecule has 3 heteroatoms. The third-order valence-corrected chi connectivity index (χ3v) is 2.55. The van der Waals surface area contributed by atoms with Crippen molar-refractivity contribution < 1.29 is 9.53 Å². The minimum absolute atomic E-state index is 0.126. The lowest BCUT2D eigenvalue weighted by Crippen LogP contribution is -2.33. The molecular formula is C15H23NO2. The van der Waals surface area contributed by atoms with Gasteiger partial charge in [-0.3, -0.25) is 9.69 Å². The van der Waals surface area contributed by atoms with Crippen LogP contribution in [0.3, 0.4) is 0 Å². The van der Waals surface area contributed by atoms with E-state index < -0.39 is 0 Å². The molecule has 0 N–H and O–H groups in total. The van der Waals surface area contributed by atoms with E-state index in [0.29, 0.717) is 12.1 Å². The molecule has 0 spiro atoms. The van der Waals surface area contributed by atoms with Gasteiger partial charge in [-0.05, 0) is 24.6 Å². The Bertz CT molecular complexity index is 407. The number of carbonyl (C=O) groups excluding carboxylic acids is 1. The van der Waals surface area contributed by atoms with Gasteiger partial charge in [0.25, 0.3) is 0 Å². The summed E-state index contributed by atoms with van der Waals surface area (Å²) < 4.78 is 5.12. The SMILES string of the molecule is COc1cccc(C(=O)CN(C)CC(C)(C)C)c1. The minimum atomic E-state index is 0.126. The van der Waals surface area contributed by atoms with Crippen molar-refractivity contribution in [2.45, 2.75) is 20.8 Å². The van der Waals surface area contributed by atoms with Gasteiger partial charge in [0.05, 0.1) is 13.7 Å². The van der Waals surface area contributed by atoms with Crippen molar-refractivity contribution in [3.8, 4) is 5.75 Å². The Morgan fingerprint density at radius 2 is 2.00 bits per heavy atom. The van der Waals surface area contributed by atoms with Gasteiger partial charge in [0.1, 0.15) is 5.75 Å². The van der Waals surface area contributed by atoms with Gasteiger partial charge >= 0.3 is 0 Å². The molecule has 0 aliphatic heterocycles. The summed E-state index contributed by atoms with van der Waals surface area (Å²) in [5.74, 6) is 0.847. The molecule has 18 heavy (non-hydrogen) atoms. The van der Waals surface area contributed by atoms with Gasteiger partial charge in [0.15, 0.2) is 5.78 Å². The monoisotopic (exact) mass is 249 g/mol. The van der Waals surface area contributed by atoms with Gasteiger partial charge < -0.3 is 4.74 Å². The Balaban J connectivity index is 2.64. The fraction of sp³-hybridized carbons (Fsp3) is 0.533. The lowest BCUT2D eigenvalue weighted by Gasteiger charge is -2.25. The van der Waals surface area contributed by atoms with E-state index in [0.717, 1.165) is 12.3 Å². The molecule has 0 saturated carbocycles. The maximum absolute atomic E-state index is 12.1. The molecule has 0 atom stereocenters. The molecule has 0 unspecified atom stereocenters. The van der Waals surface area contributed by atoms with Crippen LogP contribution < -0.4 is 4.74 Å². The smallest absolute Gasteiger partial charge is 0.176 e. The molecular weight excluding hydrogens is 226 g/mol. The topological polar surface area (TPSA) is 29.5 Å². The summed E-state index contributed by atoms with van der Waals surface area (Å²) in [6, 6.07) is 7.30. The first-order valence-corrected chi connectivity index (χ1v) is 6.17. The fourth-order valence-corrected chi connectivity index (χ4v) is 2.00. The first kappa shape index (κ1) is 14.7. The van der Waals surface area contributed by atoms with Crippen LogP contribution in [0.25, 0.3) is 0 Å². The van der Waals surface area contributed by atoms with Gasteiger partial charge in [-0.1, -0.05) is 32.9 Å². The second kappa shape index (κ2) is 6.01. The highest BCUT2D eigenvalue weighted by Gasteiger charge is 2.16. The second-order valence-electron chi connectivity index (χ2n) is 5.89. The molecule has 0 saturated heterocycles. The zero-order valence-corrected chi connectivity index (χ0v) is 12.0. The van der Waals surface area contributed by atoms with Crippen molar-refractivity contribution in [3.63, 3.8) is 0 Å². The third-order valence-electron chi connectivity index (χ3n) is 2.55. The van der Waals surface area contributed by atoms with E-state index >= 15 is 0 Å². The summed E-state index contributed by atoms with van der Waals surface area (Å²) in [4.78, 5) is 14.2. The van der Waals surface area contributed by atoms with E-state index in [4.69, 9.17) is 4.74 Å². The van der Waals surface area contributed by atoms with E-state index in [-0.39, 0.29) is 11.2 Å². The summed E-state index contributed by atoms with van der Waals surface area (Å²) in [6.07, 6.45) is 0. The zero-order chi connectivity index (χ0) is 13.8. The number of Topliss-reactive ketones (excluding diaryl/α,β-unsaturated/α-hetero) is 1. The molecule has 0 aliphatic carbocycles. The number of benzene rings is 1. The van der Waals surface area contributed by atoms with E-state index in [2.05, 4.69) is 25.7 Å². The van der Waals surface area contributed by atoms with Crippen LogP contribution in [0, 0.1) is 5.41 Å². The Morgan fingerprint density at radius 1 is 1.33 bits per heavy atom. The van der Waals surface area contributed by atoms with Crippen molar-refractivity contribution in [2.24, 2.45) is 5.41 Å². The molecule has 0 amide bonds. The van der Waals surface area contributed by atoms with Crippen molar-refractivity contribution in [1.82, 2.24) is 4.90 Å². The molecule has 3 nitrogen and oxygen atoms in total. The minimum Gasteiger partial charge on any atom is -0.497 e. The van der Waals surface area contributed by atoms with Gasteiger partial charge in [-0.15, -0.1) is 0 Å². The maximum atomic E-state index is 12.1. The third kappa shape index (κ3) is 4.88. The van der Waals surface area contributed by atoms with Crippen molar-refractivity contribution in [3.05, 3.63) is 29.8 Å². The number of rotatable bonds is 5. The van der Waals surface area contributed by atoms with E-state index in [1.54, 1.807) is 13.2 Å². The van der Waals surface area contributed by atoms with Crippen LogP contribution in [0.2, 0.25) is 0 Å². The molecule has 100 valence electrons. The van der Waals surface area contributed by atoms with Crippen LogP contribution in [0.1, 0.15) is 31.1 Å². The average Bonchev–Trinajstić information content (AvgIpc) is 2.26. The van der Waals surface area contributed by atoms with Gasteiger partial charge in [-0.25, -0.2) is 0 Å². The average molecular weight is 249 g/mol. The van der Waals surface area contributed by atoms with Crippen molar-refractivity contribution in [2.75, 3.05) is 27.2 Å². The highest BCUT2D eigenvalue weighted by atomic mass is 16.5. The summed E-state index contributed by atoms with van der Waals surface area (Å²) in [5.41, 5.74) is 0.902. The lowest BCUT2D eigenvalue weighted by atomic mass is 9.96. The van der Waals surface area contributed by atoms with Crippen LogP contribution in [0.4, 0.5) is 0 Å². The Morgan fingerprint density at radius 3 is 2.56 bits per heavy atom. The number of ketones is 1. The number of hydrogen-bond donors (Lipinski definition) is 0. The molecule has 0 aromatic heterocycles. The Hall–Kier alpha value is -1.35. The molecule has 0 heterocycles. The number of ether oxygens (including phenoxy) is 1. The molecule has 1 aromatic carbocycles. The van der Waals surface area contributed by atoms with Crippen LogP contribution in [-0.4, -0.2) is 37.9 Å². The molecule has 1 rings (SSSR count). The van der Waals surface area contributed by atoms with Crippen LogP contribution in [0.5, 0.6) is 5.75 Å². The lowest BCUT2D eigenvalue weighted by molar-refractivity contribution is 0.0926. The highest BCUT2D eigenvalue weighted by molar-refractivity contribution is 5.97. The first-order chi connectivity index (χ1) is 8.31. The number of likely N-dealkylation sites (N-methyl/N-ethyl adjacent to an activating group) is 1. The predicted molar refractivity (Wildman–Crippen MR) is 74.3 cm³/mol. The number of carbonyl (C=O) groups is 1. The van der Waals surface area contributed by atoms with E-state index in [1.165, 1.54) is 0 Å². The number of methoxy groups -OCH3 is 1. The number of hydrogen-bond acceptors (Lipinski definition) is 3. The van der Waals surface area contributed by atoms with Crippen LogP contribution >= 0.6 is 0 Å². The fourth-order valence-electron chi connectivity index (χ4n) is 2.00. The highest BCUT2D eigenvalue weighted by Crippen LogP contribution is 2.16. The zero-order valence-electron chi connectivity index (χ0n) is 12.0. The Kier molecular flexibility index (Phi) is 4.91. The summed E-state index contributed by atoms with van der Waals surface area (Å²) in [6.45, 7) is 7.83. The number of nitrogens with zero attached hydrogens (tertiary/aromatic N) is 1. The molecule has 0 radical (unpaired) electrons. The Labute approximate surface area is 110 Å². The standard InChI is InChI=1S/C15H23NO2/c1-15(2,3)11-16(4)10-14(17)12-7-6-8-13(9-12)18-5/h6-9H,10-11H2,1-5H3. The van der Waals surface area contributed by atoms with E-state index in [9.17, 15) is 4.79 Å². The first-order valence-electron chi connectivity index (χ1n) is 6.17. The summed E-state index contributed by atoms with van der Waals surface area (Å²) in [7, 11) is 3.58. The second-order valence-corrected chi connectivity index (χ2v) is 5.89. The maximum Gasteiger partial charge on any atom is 0.176 e. The van der Waals surface area contributed by atoms with Crippen molar-refractivity contribution >= 4 is 5.78 Å². The van der Waals surface area contributed by atoms with Gasteiger partial charge in [-0.2, -0.15) is 0 Å². The largest absolute Gasteiger partial charge is 0.497 e. The summed E-state index contributed by atoms with van der Waals surface area (Å²) >= 11 is 0. The summed E-state index contributed by atoms with van der Waals surface area (Å²) in [5, 5.41) is 0. The van der Waals surface area contributed by atoms with Crippen LogP contribution in [-0.2, 0) is 0 Å². The molecule has 0 fully saturated rings. The molecule has 0 aliphatic rings. The van der Waals surface area contributed by atoms with Crippen LogP contribution in [0.15, 0.2) is 24.3 Å². The quantitative estimate of drug-likeness (QED) is 0.751. The molecule has 0 bridgehead atoms. The van der Waals surface area contributed by atoms with Gasteiger partial charge in [0, 0.05) is 12.1 Å². The normalized spacial score (nSPS) is 11.7. The van der Waals surface area contributed by atoms with Crippen molar-refractivity contribution in [1.29, 1.82) is 0 Å².